The highest BCUT2D eigenvalue weighted by Crippen LogP contribution is 2.30. The third-order valence-corrected chi connectivity index (χ3v) is 2.48. The fraction of sp³-hybridized carbons (Fsp3) is 0.0833. The lowest BCUT2D eigenvalue weighted by Gasteiger charge is -2.07. The molecule has 0 aliphatic rings. The van der Waals surface area contributed by atoms with Crippen LogP contribution in [0.15, 0.2) is 36.5 Å². The molecule has 5 heteroatoms. The molecule has 1 aromatic carbocycles. The van der Waals surface area contributed by atoms with E-state index in [0.717, 1.165) is 12.3 Å². The van der Waals surface area contributed by atoms with Crippen molar-refractivity contribution in [3.05, 3.63) is 53.3 Å². The van der Waals surface area contributed by atoms with Gasteiger partial charge in [-0.3, -0.25) is 4.98 Å². The van der Waals surface area contributed by atoms with Crippen LogP contribution in [0.1, 0.15) is 5.69 Å². The number of alkyl halides is 3. The molecule has 87 valence electrons. The largest absolute Gasteiger partial charge is 0.433 e. The van der Waals surface area contributed by atoms with Crippen LogP contribution in [0.25, 0.3) is 11.1 Å². The van der Waals surface area contributed by atoms with Crippen LogP contribution in [0.3, 0.4) is 0 Å². The van der Waals surface area contributed by atoms with E-state index in [9.17, 15) is 13.2 Å². The lowest BCUT2D eigenvalue weighted by Crippen LogP contribution is -2.07. The minimum Gasteiger partial charge on any atom is -0.251 e. The molecular weight excluding hydrogens is 251 g/mol. The molecule has 0 saturated heterocycles. The lowest BCUT2D eigenvalue weighted by molar-refractivity contribution is -0.141. The summed E-state index contributed by atoms with van der Waals surface area (Å²) in [5.41, 5.74) is 0.215. The van der Waals surface area contributed by atoms with Gasteiger partial charge in [0.25, 0.3) is 0 Å². The second-order valence-electron chi connectivity index (χ2n) is 3.33. The first-order valence-corrected chi connectivity index (χ1v) is 5.06. The van der Waals surface area contributed by atoms with Gasteiger partial charge in [-0.1, -0.05) is 35.9 Å². The average molecular weight is 257 g/mol. The van der Waals surface area contributed by atoms with E-state index in [2.05, 4.69) is 11.1 Å². The van der Waals surface area contributed by atoms with E-state index < -0.39 is 11.9 Å². The fourth-order valence-corrected chi connectivity index (χ4v) is 1.60. The Labute approximate surface area is 101 Å². The van der Waals surface area contributed by atoms with Gasteiger partial charge in [-0.15, -0.1) is 0 Å². The van der Waals surface area contributed by atoms with Gasteiger partial charge in [-0.25, -0.2) is 0 Å². The Hall–Kier alpha value is -1.55. The molecule has 0 fully saturated rings. The van der Waals surface area contributed by atoms with Gasteiger partial charge in [0.15, 0.2) is 0 Å². The molecule has 2 rings (SSSR count). The van der Waals surface area contributed by atoms with Crippen molar-refractivity contribution < 1.29 is 13.2 Å². The summed E-state index contributed by atoms with van der Waals surface area (Å²) >= 11 is 5.88. The molecule has 0 atom stereocenters. The van der Waals surface area contributed by atoms with Crippen molar-refractivity contribution in [1.82, 2.24) is 4.98 Å². The van der Waals surface area contributed by atoms with Gasteiger partial charge in [0.2, 0.25) is 0 Å². The van der Waals surface area contributed by atoms with Gasteiger partial charge in [0.1, 0.15) is 5.69 Å². The maximum atomic E-state index is 12.3. The lowest BCUT2D eigenvalue weighted by atomic mass is 10.1. The molecule has 1 nitrogen and oxygen atoms in total. The third-order valence-electron chi connectivity index (χ3n) is 2.17. The van der Waals surface area contributed by atoms with E-state index in [-0.39, 0.29) is 0 Å². The molecule has 0 saturated carbocycles. The minimum atomic E-state index is -4.43. The summed E-state index contributed by atoms with van der Waals surface area (Å²) in [5.74, 6) is 0. The Morgan fingerprint density at radius 2 is 1.94 bits per heavy atom. The number of aromatic nitrogens is 1. The fourth-order valence-electron chi connectivity index (χ4n) is 1.36. The minimum absolute atomic E-state index is 0.356. The van der Waals surface area contributed by atoms with E-state index in [4.69, 9.17) is 11.6 Å². The molecule has 0 unspecified atom stereocenters. The molecular formula is C12H6ClF3N. The van der Waals surface area contributed by atoms with Crippen molar-refractivity contribution in [2.75, 3.05) is 0 Å². The van der Waals surface area contributed by atoms with Crippen LogP contribution in [0.4, 0.5) is 13.2 Å². The molecule has 17 heavy (non-hydrogen) atoms. The zero-order valence-corrected chi connectivity index (χ0v) is 9.18. The molecule has 0 spiro atoms. The summed E-state index contributed by atoms with van der Waals surface area (Å²) in [6.45, 7) is 0. The maximum absolute atomic E-state index is 12.3. The Morgan fingerprint density at radius 1 is 1.18 bits per heavy atom. The van der Waals surface area contributed by atoms with Crippen LogP contribution in [-0.2, 0) is 6.18 Å². The summed E-state index contributed by atoms with van der Waals surface area (Å²) in [6.07, 6.45) is -3.27. The first kappa shape index (κ1) is 11.9. The van der Waals surface area contributed by atoms with Crippen LogP contribution >= 0.6 is 11.6 Å². The summed E-state index contributed by atoms with van der Waals surface area (Å²) in [5, 5.41) is 0.356. The van der Waals surface area contributed by atoms with Crippen molar-refractivity contribution >= 4 is 11.6 Å². The SMILES string of the molecule is FC(F)(F)c1ccc(-c2ccc[c]c2Cl)cn1. The Balaban J connectivity index is 2.40. The number of rotatable bonds is 1. The second kappa shape index (κ2) is 4.37. The zero-order valence-electron chi connectivity index (χ0n) is 8.42. The average Bonchev–Trinajstić information content (AvgIpc) is 2.29. The van der Waals surface area contributed by atoms with Crippen molar-refractivity contribution in [1.29, 1.82) is 0 Å². The molecule has 0 amide bonds. The summed E-state index contributed by atoms with van der Waals surface area (Å²) in [7, 11) is 0. The molecule has 0 aliphatic heterocycles. The van der Waals surface area contributed by atoms with E-state index >= 15 is 0 Å². The van der Waals surface area contributed by atoms with Gasteiger partial charge < -0.3 is 0 Å². The van der Waals surface area contributed by atoms with Crippen molar-refractivity contribution in [2.45, 2.75) is 6.18 Å². The van der Waals surface area contributed by atoms with E-state index in [1.54, 1.807) is 18.2 Å². The highest BCUT2D eigenvalue weighted by atomic mass is 35.5. The summed E-state index contributed by atoms with van der Waals surface area (Å²) in [6, 6.07) is 10.1. The quantitative estimate of drug-likeness (QED) is 0.744. The van der Waals surface area contributed by atoms with Crippen LogP contribution in [0.5, 0.6) is 0 Å². The van der Waals surface area contributed by atoms with Crippen LogP contribution in [0, 0.1) is 6.07 Å². The van der Waals surface area contributed by atoms with E-state index in [1.165, 1.54) is 6.07 Å². The molecule has 0 bridgehead atoms. The normalized spacial score (nSPS) is 11.5. The van der Waals surface area contributed by atoms with Gasteiger partial charge in [0, 0.05) is 23.4 Å². The number of pyridine rings is 1. The van der Waals surface area contributed by atoms with Crippen molar-refractivity contribution in [2.24, 2.45) is 0 Å². The molecule has 1 heterocycles. The predicted octanol–water partition coefficient (Wildman–Crippen LogP) is 4.22. The maximum Gasteiger partial charge on any atom is 0.433 e. The van der Waals surface area contributed by atoms with Crippen LogP contribution in [-0.4, -0.2) is 4.98 Å². The number of hydrogen-bond acceptors (Lipinski definition) is 1. The zero-order chi connectivity index (χ0) is 12.5. The number of halogens is 4. The summed E-state index contributed by atoms with van der Waals surface area (Å²) < 4.78 is 36.9. The van der Waals surface area contributed by atoms with Gasteiger partial charge in [0.05, 0.1) is 5.02 Å². The van der Waals surface area contributed by atoms with Gasteiger partial charge >= 0.3 is 6.18 Å². The molecule has 0 N–H and O–H groups in total. The van der Waals surface area contributed by atoms with Crippen molar-refractivity contribution in [3.8, 4) is 11.1 Å². The standard InChI is InChI=1S/C12H6ClF3N/c13-10-4-2-1-3-9(10)8-5-6-11(17-7-8)12(14,15)16/h1-3,5-7H. The van der Waals surface area contributed by atoms with E-state index in [0.29, 0.717) is 16.1 Å². The Morgan fingerprint density at radius 3 is 2.47 bits per heavy atom. The Bertz CT molecular complexity index is 520. The van der Waals surface area contributed by atoms with Crippen LogP contribution in [0.2, 0.25) is 5.02 Å². The third kappa shape index (κ3) is 2.58. The van der Waals surface area contributed by atoms with E-state index in [1.807, 2.05) is 0 Å². The highest BCUT2D eigenvalue weighted by Gasteiger charge is 2.32. The number of nitrogens with zero attached hydrogens (tertiary/aromatic N) is 1. The number of benzene rings is 1. The monoisotopic (exact) mass is 256 g/mol. The smallest absolute Gasteiger partial charge is 0.251 e. The molecule has 1 radical (unpaired) electrons. The highest BCUT2D eigenvalue weighted by molar-refractivity contribution is 6.33. The van der Waals surface area contributed by atoms with Crippen molar-refractivity contribution in [3.63, 3.8) is 0 Å². The van der Waals surface area contributed by atoms with Crippen LogP contribution < -0.4 is 0 Å². The molecule has 1 aromatic heterocycles. The van der Waals surface area contributed by atoms with Gasteiger partial charge in [-0.2, -0.15) is 13.2 Å². The second-order valence-corrected chi connectivity index (χ2v) is 3.71. The predicted molar refractivity (Wildman–Crippen MR) is 58.5 cm³/mol. The number of hydrogen-bond donors (Lipinski definition) is 0. The molecule has 2 aromatic rings. The Kier molecular flexibility index (Phi) is 3.07. The first-order valence-electron chi connectivity index (χ1n) is 4.68. The first-order chi connectivity index (χ1) is 7.98. The molecule has 0 aliphatic carbocycles. The van der Waals surface area contributed by atoms with Gasteiger partial charge in [-0.05, 0) is 6.07 Å². The topological polar surface area (TPSA) is 12.9 Å². The summed E-state index contributed by atoms with van der Waals surface area (Å²) in [4.78, 5) is 3.37.